The first-order chi connectivity index (χ1) is 12.0. The van der Waals surface area contributed by atoms with Crippen LogP contribution in [-0.4, -0.2) is 72.9 Å². The van der Waals surface area contributed by atoms with Crippen LogP contribution in [0.2, 0.25) is 0 Å². The van der Waals surface area contributed by atoms with Gasteiger partial charge in [0, 0.05) is 50.7 Å². The van der Waals surface area contributed by atoms with E-state index in [4.69, 9.17) is 5.73 Å². The lowest BCUT2D eigenvalue weighted by Crippen LogP contribution is -2.46. The molecule has 2 aliphatic rings. The van der Waals surface area contributed by atoms with Gasteiger partial charge in [0.2, 0.25) is 5.95 Å². The molecule has 0 aliphatic carbocycles. The summed E-state index contributed by atoms with van der Waals surface area (Å²) in [6.45, 7) is 9.67. The molecule has 3 N–H and O–H groups in total. The van der Waals surface area contributed by atoms with Crippen molar-refractivity contribution in [3.8, 4) is 0 Å². The second-order valence-corrected chi connectivity index (χ2v) is 7.41. The number of anilines is 3. The van der Waals surface area contributed by atoms with Gasteiger partial charge in [-0.1, -0.05) is 6.08 Å². The zero-order valence-corrected chi connectivity index (χ0v) is 15.2. The number of piperidine rings is 1. The molecule has 0 amide bonds. The van der Waals surface area contributed by atoms with Gasteiger partial charge < -0.3 is 25.5 Å². The number of nitrogen functional groups attached to an aromatic ring is 1. The molecule has 1 aromatic heterocycles. The molecule has 7 heteroatoms. The van der Waals surface area contributed by atoms with Crippen LogP contribution in [0.25, 0.3) is 0 Å². The molecule has 1 aromatic rings. The molecule has 1 atom stereocenters. The van der Waals surface area contributed by atoms with E-state index >= 15 is 0 Å². The lowest BCUT2D eigenvalue weighted by molar-refractivity contribution is 0.108. The van der Waals surface area contributed by atoms with Crippen molar-refractivity contribution in [2.75, 3.05) is 68.5 Å². The van der Waals surface area contributed by atoms with Crippen LogP contribution in [0, 0.1) is 5.41 Å². The molecule has 0 radical (unpaired) electrons. The standard InChI is InChI=1S/C18H30N6O/c1-3-5-18(14-25)6-4-7-24(13-18)16-12-15(20-17(19)21-16)23-10-8-22(2)9-11-23/h3,12,25H,1,4-11,13-14H2,2H3,(H2,19,20,21)/t18-/m0/s1. The van der Waals surface area contributed by atoms with E-state index in [2.05, 4.69) is 38.3 Å². The Labute approximate surface area is 150 Å². The van der Waals surface area contributed by atoms with E-state index in [0.717, 1.165) is 70.2 Å². The van der Waals surface area contributed by atoms with Crippen LogP contribution in [0.4, 0.5) is 17.6 Å². The number of aromatic nitrogens is 2. The average molecular weight is 346 g/mol. The molecule has 0 saturated carbocycles. The molecule has 138 valence electrons. The summed E-state index contributed by atoms with van der Waals surface area (Å²) in [7, 11) is 2.14. The minimum Gasteiger partial charge on any atom is -0.396 e. The summed E-state index contributed by atoms with van der Waals surface area (Å²) in [5, 5.41) is 9.93. The zero-order valence-electron chi connectivity index (χ0n) is 15.2. The predicted molar refractivity (Wildman–Crippen MR) is 102 cm³/mol. The smallest absolute Gasteiger partial charge is 0.223 e. The Morgan fingerprint density at radius 1 is 1.20 bits per heavy atom. The maximum Gasteiger partial charge on any atom is 0.223 e. The SMILES string of the molecule is C=CC[C@]1(CO)CCCN(c2cc(N3CCN(C)CC3)nc(N)n2)C1. The Morgan fingerprint density at radius 3 is 2.52 bits per heavy atom. The van der Waals surface area contributed by atoms with Gasteiger partial charge in [0.15, 0.2) is 0 Å². The lowest BCUT2D eigenvalue weighted by Gasteiger charge is -2.42. The largest absolute Gasteiger partial charge is 0.396 e. The van der Waals surface area contributed by atoms with Crippen molar-refractivity contribution in [2.24, 2.45) is 5.41 Å². The van der Waals surface area contributed by atoms with Gasteiger partial charge in [0.05, 0.1) is 6.61 Å². The zero-order chi connectivity index (χ0) is 17.9. The number of aliphatic hydroxyl groups excluding tert-OH is 1. The van der Waals surface area contributed by atoms with Crippen molar-refractivity contribution in [3.05, 3.63) is 18.7 Å². The van der Waals surface area contributed by atoms with Gasteiger partial charge in [-0.2, -0.15) is 9.97 Å². The molecule has 25 heavy (non-hydrogen) atoms. The van der Waals surface area contributed by atoms with Gasteiger partial charge in [-0.05, 0) is 26.3 Å². The third-order valence-electron chi connectivity index (χ3n) is 5.44. The molecule has 7 nitrogen and oxygen atoms in total. The number of hydrogen-bond donors (Lipinski definition) is 2. The Kier molecular flexibility index (Phi) is 5.44. The fourth-order valence-corrected chi connectivity index (χ4v) is 3.87. The fourth-order valence-electron chi connectivity index (χ4n) is 3.87. The van der Waals surface area contributed by atoms with Gasteiger partial charge in [-0.15, -0.1) is 6.58 Å². The molecule has 0 aromatic carbocycles. The van der Waals surface area contributed by atoms with E-state index in [1.807, 2.05) is 12.1 Å². The maximum atomic E-state index is 9.93. The Hall–Kier alpha value is -1.86. The number of nitrogens with zero attached hydrogens (tertiary/aromatic N) is 5. The van der Waals surface area contributed by atoms with E-state index in [-0.39, 0.29) is 12.0 Å². The molecule has 0 spiro atoms. The van der Waals surface area contributed by atoms with Gasteiger partial charge in [-0.3, -0.25) is 0 Å². The van der Waals surface area contributed by atoms with Gasteiger partial charge in [-0.25, -0.2) is 0 Å². The summed E-state index contributed by atoms with van der Waals surface area (Å²) in [6, 6.07) is 2.04. The first-order valence-electron chi connectivity index (χ1n) is 9.10. The molecule has 2 saturated heterocycles. The third-order valence-corrected chi connectivity index (χ3v) is 5.44. The molecular weight excluding hydrogens is 316 g/mol. The van der Waals surface area contributed by atoms with Gasteiger partial charge in [0.25, 0.3) is 0 Å². The summed E-state index contributed by atoms with van der Waals surface area (Å²) in [6.07, 6.45) is 4.76. The number of nitrogens with two attached hydrogens (primary N) is 1. The maximum absolute atomic E-state index is 9.93. The highest BCUT2D eigenvalue weighted by Gasteiger charge is 2.34. The number of rotatable bonds is 5. The predicted octanol–water partition coefficient (Wildman–Crippen LogP) is 0.966. The number of aliphatic hydroxyl groups is 1. The summed E-state index contributed by atoms with van der Waals surface area (Å²) < 4.78 is 0. The van der Waals surface area contributed by atoms with Crippen LogP contribution < -0.4 is 15.5 Å². The van der Waals surface area contributed by atoms with Crippen molar-refractivity contribution in [2.45, 2.75) is 19.3 Å². The number of piperazine rings is 1. The van der Waals surface area contributed by atoms with E-state index in [1.54, 1.807) is 0 Å². The highest BCUT2D eigenvalue weighted by atomic mass is 16.3. The van der Waals surface area contributed by atoms with Crippen molar-refractivity contribution in [3.63, 3.8) is 0 Å². The van der Waals surface area contributed by atoms with Crippen LogP contribution in [0.3, 0.4) is 0 Å². The monoisotopic (exact) mass is 346 g/mol. The fraction of sp³-hybridized carbons (Fsp3) is 0.667. The lowest BCUT2D eigenvalue weighted by atomic mass is 9.78. The average Bonchev–Trinajstić information content (AvgIpc) is 2.62. The molecule has 3 rings (SSSR count). The van der Waals surface area contributed by atoms with Crippen molar-refractivity contribution >= 4 is 17.6 Å². The first-order valence-corrected chi connectivity index (χ1v) is 9.10. The number of allylic oxidation sites excluding steroid dienone is 1. The molecule has 0 bridgehead atoms. The van der Waals surface area contributed by atoms with Crippen LogP contribution >= 0.6 is 0 Å². The molecule has 2 aliphatic heterocycles. The minimum atomic E-state index is -0.131. The van der Waals surface area contributed by atoms with E-state index < -0.39 is 0 Å². The van der Waals surface area contributed by atoms with Crippen molar-refractivity contribution in [1.29, 1.82) is 0 Å². The highest BCUT2D eigenvalue weighted by molar-refractivity contribution is 5.54. The van der Waals surface area contributed by atoms with Gasteiger partial charge in [0.1, 0.15) is 11.6 Å². The summed E-state index contributed by atoms with van der Waals surface area (Å²) in [4.78, 5) is 15.8. The second kappa shape index (κ2) is 7.58. The van der Waals surface area contributed by atoms with Crippen LogP contribution in [0.5, 0.6) is 0 Å². The van der Waals surface area contributed by atoms with Crippen molar-refractivity contribution < 1.29 is 5.11 Å². The summed E-state index contributed by atoms with van der Waals surface area (Å²) in [5.74, 6) is 2.08. The molecule has 3 heterocycles. The Morgan fingerprint density at radius 2 is 1.88 bits per heavy atom. The van der Waals surface area contributed by atoms with E-state index in [9.17, 15) is 5.11 Å². The van der Waals surface area contributed by atoms with E-state index in [1.165, 1.54) is 0 Å². The molecule has 0 unspecified atom stereocenters. The minimum absolute atomic E-state index is 0.131. The normalized spacial score (nSPS) is 25.2. The number of likely N-dealkylation sites (N-methyl/N-ethyl adjacent to an activating group) is 1. The highest BCUT2D eigenvalue weighted by Crippen LogP contribution is 2.35. The summed E-state index contributed by atoms with van der Waals surface area (Å²) in [5.41, 5.74) is 5.88. The topological polar surface area (TPSA) is 81.8 Å². The van der Waals surface area contributed by atoms with Crippen molar-refractivity contribution in [1.82, 2.24) is 14.9 Å². The summed E-state index contributed by atoms with van der Waals surface area (Å²) >= 11 is 0. The van der Waals surface area contributed by atoms with Crippen LogP contribution in [-0.2, 0) is 0 Å². The van der Waals surface area contributed by atoms with Crippen LogP contribution in [0.15, 0.2) is 18.7 Å². The third kappa shape index (κ3) is 4.04. The number of hydrogen-bond acceptors (Lipinski definition) is 7. The molecule has 2 fully saturated rings. The van der Waals surface area contributed by atoms with Gasteiger partial charge >= 0.3 is 0 Å². The molecular formula is C18H30N6O. The first kappa shape index (κ1) is 17.9. The Bertz CT molecular complexity index is 601. The second-order valence-electron chi connectivity index (χ2n) is 7.41. The Balaban J connectivity index is 1.81. The van der Waals surface area contributed by atoms with Crippen LogP contribution in [0.1, 0.15) is 19.3 Å². The quantitative estimate of drug-likeness (QED) is 0.769. The van der Waals surface area contributed by atoms with E-state index in [0.29, 0.717) is 5.95 Å².